The first-order valence-electron chi connectivity index (χ1n) is 11.0. The molecule has 0 amide bonds. The minimum Gasteiger partial charge on any atom is -0.491 e. The van der Waals surface area contributed by atoms with Crippen LogP contribution in [0.1, 0.15) is 17.5 Å². The Morgan fingerprint density at radius 3 is 2.76 bits per heavy atom. The number of aromatic amines is 1. The largest absolute Gasteiger partial charge is 0.491 e. The molecule has 0 fully saturated rings. The first kappa shape index (κ1) is 21.4. The Morgan fingerprint density at radius 1 is 1.06 bits per heavy atom. The second-order valence-corrected chi connectivity index (χ2v) is 9.09. The smallest absolute Gasteiger partial charge is 0.151 e. The van der Waals surface area contributed by atoms with Crippen LogP contribution in [0.2, 0.25) is 0 Å². The lowest BCUT2D eigenvalue weighted by atomic mass is 10.1. The Kier molecular flexibility index (Phi) is 6.19. The number of thiophene rings is 1. The molecule has 0 saturated heterocycles. The zero-order valence-electron chi connectivity index (χ0n) is 18.1. The molecule has 0 saturated carbocycles. The van der Waals surface area contributed by atoms with Gasteiger partial charge in [-0.25, -0.2) is 0 Å². The van der Waals surface area contributed by atoms with Gasteiger partial charge in [-0.15, -0.1) is 16.2 Å². The zero-order valence-corrected chi connectivity index (χ0v) is 18.9. The van der Waals surface area contributed by atoms with Gasteiger partial charge in [0.25, 0.3) is 0 Å². The topological polar surface area (TPSA) is 74.7 Å². The maximum Gasteiger partial charge on any atom is 0.151 e. The Labute approximate surface area is 195 Å². The summed E-state index contributed by atoms with van der Waals surface area (Å²) >= 11 is 1.73. The number of hydrogen-bond acceptors (Lipinski definition) is 5. The number of benzene rings is 3. The molecule has 3 aromatic carbocycles. The van der Waals surface area contributed by atoms with Crippen molar-refractivity contribution in [2.75, 3.05) is 13.2 Å². The molecule has 0 radical (unpaired) electrons. The number of nitrogens with zero attached hydrogens (tertiary/aromatic N) is 1. The van der Waals surface area contributed by atoms with E-state index >= 15 is 0 Å². The highest BCUT2D eigenvalue weighted by atomic mass is 32.1. The van der Waals surface area contributed by atoms with Crippen molar-refractivity contribution in [3.8, 4) is 16.2 Å². The van der Waals surface area contributed by atoms with Crippen molar-refractivity contribution in [3.05, 3.63) is 89.0 Å². The second kappa shape index (κ2) is 9.57. The molecule has 6 heteroatoms. The molecule has 0 unspecified atom stereocenters. The van der Waals surface area contributed by atoms with E-state index in [1.807, 2.05) is 36.5 Å². The number of aliphatic hydroxyl groups is 1. The summed E-state index contributed by atoms with van der Waals surface area (Å²) < 4.78 is 6.73. The molecule has 3 heterocycles. The van der Waals surface area contributed by atoms with Crippen molar-refractivity contribution in [3.63, 3.8) is 0 Å². The van der Waals surface area contributed by atoms with Crippen LogP contribution in [0.25, 0.3) is 31.4 Å². The van der Waals surface area contributed by atoms with Crippen molar-refractivity contribution in [2.24, 2.45) is 5.18 Å². The van der Waals surface area contributed by atoms with Crippen molar-refractivity contribution < 1.29 is 9.84 Å². The number of hydrogen-bond donors (Lipinski definition) is 2. The van der Waals surface area contributed by atoms with Gasteiger partial charge in [-0.05, 0) is 64.9 Å². The molecule has 1 aliphatic rings. The average molecular weight is 457 g/mol. The number of aliphatic hydroxyl groups excluding tert-OH is 1. The summed E-state index contributed by atoms with van der Waals surface area (Å²) in [5, 5.41) is 14.3. The van der Waals surface area contributed by atoms with Crippen LogP contribution in [0.4, 0.5) is 5.69 Å². The third-order valence-electron chi connectivity index (χ3n) is 5.85. The third kappa shape index (κ3) is 4.40. The highest BCUT2D eigenvalue weighted by molar-refractivity contribution is 7.22. The fraction of sp³-hybridized carbons (Fsp3) is 0.185. The molecule has 166 valence electrons. The fourth-order valence-corrected chi connectivity index (χ4v) is 5.28. The number of ether oxygens (including phenoxy) is 1. The van der Waals surface area contributed by atoms with E-state index in [-0.39, 0.29) is 6.61 Å². The summed E-state index contributed by atoms with van der Waals surface area (Å²) in [6.45, 7) is 0.896. The van der Waals surface area contributed by atoms with Gasteiger partial charge in [-0.3, -0.25) is 0 Å². The lowest BCUT2D eigenvalue weighted by Gasteiger charge is -2.04. The summed E-state index contributed by atoms with van der Waals surface area (Å²) in [5.74, 6) is 0.657. The van der Waals surface area contributed by atoms with Crippen LogP contribution in [-0.4, -0.2) is 23.3 Å². The molecule has 0 spiro atoms. The molecule has 6 rings (SSSR count). The standard InChI is InChI=1S/C16H11NO2S.C11H13NO/c18-17-13-8-12(7-11-5-6-19-16(11)13)15-9-10-3-1-2-4-14(10)20-15;13-7-3-4-9-8-12-11-6-2-1-5-10(9)11/h1-4,7-9H,5-6H2;1-2,5-6,8,12-13H,3-4,7H2. The van der Waals surface area contributed by atoms with E-state index < -0.39 is 0 Å². The van der Waals surface area contributed by atoms with Gasteiger partial charge in [0.05, 0.1) is 6.61 Å². The van der Waals surface area contributed by atoms with Crippen LogP contribution in [0.3, 0.4) is 0 Å². The minimum absolute atomic E-state index is 0.263. The molecule has 0 aliphatic carbocycles. The molecular weight excluding hydrogens is 432 g/mol. The van der Waals surface area contributed by atoms with Crippen molar-refractivity contribution in [1.82, 2.24) is 4.98 Å². The van der Waals surface area contributed by atoms with Crippen molar-refractivity contribution >= 4 is 38.0 Å². The number of nitrogens with one attached hydrogen (secondary N) is 1. The van der Waals surface area contributed by atoms with E-state index in [1.54, 1.807) is 11.3 Å². The van der Waals surface area contributed by atoms with Crippen LogP contribution < -0.4 is 4.74 Å². The monoisotopic (exact) mass is 456 g/mol. The molecule has 5 nitrogen and oxygen atoms in total. The summed E-state index contributed by atoms with van der Waals surface area (Å²) in [5.41, 5.74) is 5.01. The molecule has 0 atom stereocenters. The van der Waals surface area contributed by atoms with Crippen LogP contribution in [-0.2, 0) is 12.8 Å². The van der Waals surface area contributed by atoms with Gasteiger partial charge in [0.2, 0.25) is 0 Å². The van der Waals surface area contributed by atoms with Crippen molar-refractivity contribution in [2.45, 2.75) is 19.3 Å². The van der Waals surface area contributed by atoms with Gasteiger partial charge in [-0.1, -0.05) is 36.4 Å². The van der Waals surface area contributed by atoms with E-state index in [2.05, 4.69) is 46.6 Å². The maximum atomic E-state index is 11.0. The third-order valence-corrected chi connectivity index (χ3v) is 7.02. The second-order valence-electron chi connectivity index (χ2n) is 8.01. The first-order valence-corrected chi connectivity index (χ1v) is 11.9. The van der Waals surface area contributed by atoms with Gasteiger partial charge in [0.15, 0.2) is 11.4 Å². The molecule has 33 heavy (non-hydrogen) atoms. The average Bonchev–Trinajstić information content (AvgIpc) is 3.60. The van der Waals surface area contributed by atoms with Gasteiger partial charge in [-0.2, -0.15) is 0 Å². The Bertz CT molecular complexity index is 1390. The number of fused-ring (bicyclic) bond motifs is 3. The predicted molar refractivity (Wildman–Crippen MR) is 136 cm³/mol. The number of H-pyrrole nitrogens is 1. The molecule has 0 bridgehead atoms. The molecule has 5 aromatic rings. The molecule has 2 N–H and O–H groups in total. The Hall–Kier alpha value is -3.48. The van der Waals surface area contributed by atoms with Crippen LogP contribution in [0, 0.1) is 4.91 Å². The number of aromatic nitrogens is 1. The number of aryl methyl sites for hydroxylation is 1. The maximum absolute atomic E-state index is 11.0. The highest BCUT2D eigenvalue weighted by Crippen LogP contribution is 2.42. The molecule has 1 aliphatic heterocycles. The lowest BCUT2D eigenvalue weighted by Crippen LogP contribution is -1.87. The van der Waals surface area contributed by atoms with Gasteiger partial charge < -0.3 is 14.8 Å². The Morgan fingerprint density at radius 2 is 1.91 bits per heavy atom. The number of nitroso groups, excluding NO2 is 1. The molecular formula is C27H24N2O3S. The number of para-hydroxylation sites is 1. The first-order chi connectivity index (χ1) is 16.3. The predicted octanol–water partition coefficient (Wildman–Crippen LogP) is 6.99. The fourth-order valence-electron chi connectivity index (χ4n) is 4.23. The van der Waals surface area contributed by atoms with Crippen LogP contribution in [0.5, 0.6) is 5.75 Å². The van der Waals surface area contributed by atoms with E-state index in [9.17, 15) is 4.91 Å². The highest BCUT2D eigenvalue weighted by Gasteiger charge is 2.19. The zero-order chi connectivity index (χ0) is 22.6. The van der Waals surface area contributed by atoms with Gasteiger partial charge in [0.1, 0.15) is 0 Å². The van der Waals surface area contributed by atoms with Crippen molar-refractivity contribution in [1.29, 1.82) is 0 Å². The number of rotatable bonds is 5. The van der Waals surface area contributed by atoms with E-state index in [0.717, 1.165) is 35.3 Å². The minimum atomic E-state index is 0.263. The Balaban J connectivity index is 0.000000152. The quantitative estimate of drug-likeness (QED) is 0.280. The van der Waals surface area contributed by atoms with Crippen LogP contribution >= 0.6 is 11.3 Å². The van der Waals surface area contributed by atoms with E-state index in [1.165, 1.54) is 26.6 Å². The van der Waals surface area contributed by atoms with Gasteiger partial charge in [0, 0.05) is 45.3 Å². The summed E-state index contributed by atoms with van der Waals surface area (Å²) in [6.07, 6.45) is 4.65. The SMILES string of the molecule is O=Nc1cc(-c2cc3ccccc3s2)cc2c1OCC2.OCCCc1c[nH]c2ccccc12. The van der Waals surface area contributed by atoms with Crippen LogP contribution in [0.15, 0.2) is 78.1 Å². The van der Waals surface area contributed by atoms with Gasteiger partial charge >= 0.3 is 0 Å². The van der Waals surface area contributed by atoms with E-state index in [0.29, 0.717) is 18.0 Å². The summed E-state index contributed by atoms with van der Waals surface area (Å²) in [4.78, 5) is 15.4. The van der Waals surface area contributed by atoms with E-state index in [4.69, 9.17) is 9.84 Å². The normalized spacial score (nSPS) is 12.3. The summed E-state index contributed by atoms with van der Waals surface area (Å²) in [7, 11) is 0. The summed E-state index contributed by atoms with van der Waals surface area (Å²) in [6, 6.07) is 22.6. The lowest BCUT2D eigenvalue weighted by molar-refractivity contribution is 0.289. The molecule has 2 aromatic heterocycles.